The summed E-state index contributed by atoms with van der Waals surface area (Å²) in [7, 11) is 0. The number of rotatable bonds is 1. The van der Waals surface area contributed by atoms with Crippen LogP contribution in [0.5, 0.6) is 0 Å². The molecule has 0 spiro atoms. The van der Waals surface area contributed by atoms with Crippen LogP contribution in [0.15, 0.2) is 30.3 Å². The SMILES string of the molecule is FC(F)(F)c1cc(I)ccc1-c1cc(Cl)c(Cl)cc1Cl. The lowest BCUT2D eigenvalue weighted by Gasteiger charge is -2.15. The molecule has 0 heterocycles. The Kier molecular flexibility index (Phi) is 4.79. The summed E-state index contributed by atoms with van der Waals surface area (Å²) in [5.74, 6) is 0. The molecule has 7 heteroatoms. The zero-order valence-corrected chi connectivity index (χ0v) is 14.0. The molecule has 106 valence electrons. The molecule has 0 aromatic heterocycles. The molecule has 0 atom stereocenters. The van der Waals surface area contributed by atoms with Crippen LogP contribution in [0, 0.1) is 3.57 Å². The van der Waals surface area contributed by atoms with E-state index in [4.69, 9.17) is 34.8 Å². The average molecular weight is 451 g/mol. The second-order valence-corrected chi connectivity index (χ2v) is 6.40. The van der Waals surface area contributed by atoms with Gasteiger partial charge >= 0.3 is 6.18 Å². The van der Waals surface area contributed by atoms with Crippen LogP contribution in [0.1, 0.15) is 5.56 Å². The van der Waals surface area contributed by atoms with Gasteiger partial charge in [-0.2, -0.15) is 13.2 Å². The minimum atomic E-state index is -4.48. The summed E-state index contributed by atoms with van der Waals surface area (Å²) in [5, 5.41) is 0.461. The summed E-state index contributed by atoms with van der Waals surface area (Å²) < 4.78 is 39.8. The minimum absolute atomic E-state index is 0.0264. The predicted molar refractivity (Wildman–Crippen MR) is 84.6 cm³/mol. The fourth-order valence-corrected chi connectivity index (χ4v) is 2.85. The van der Waals surface area contributed by atoms with E-state index < -0.39 is 11.7 Å². The van der Waals surface area contributed by atoms with E-state index >= 15 is 0 Å². The van der Waals surface area contributed by atoms with Crippen LogP contribution < -0.4 is 0 Å². The van der Waals surface area contributed by atoms with Gasteiger partial charge in [-0.1, -0.05) is 40.9 Å². The molecule has 0 N–H and O–H groups in total. The van der Waals surface area contributed by atoms with Gasteiger partial charge in [0.25, 0.3) is 0 Å². The van der Waals surface area contributed by atoms with Crippen molar-refractivity contribution in [2.45, 2.75) is 6.18 Å². The third-order valence-corrected chi connectivity index (χ3v) is 4.29. The number of halogens is 7. The molecule has 0 aliphatic heterocycles. The zero-order chi connectivity index (χ0) is 15.1. The molecule has 0 saturated carbocycles. The van der Waals surface area contributed by atoms with Gasteiger partial charge in [-0.25, -0.2) is 0 Å². The Morgan fingerprint density at radius 2 is 1.40 bits per heavy atom. The summed E-state index contributed by atoms with van der Waals surface area (Å²) in [6.45, 7) is 0. The maximum atomic E-state index is 13.1. The van der Waals surface area contributed by atoms with E-state index in [9.17, 15) is 13.2 Å². The number of hydrogen-bond donors (Lipinski definition) is 0. The average Bonchev–Trinajstić information content (AvgIpc) is 2.33. The summed E-state index contributed by atoms with van der Waals surface area (Å²) in [4.78, 5) is 0. The standard InChI is InChI=1S/C13H5Cl3F3I/c14-10-5-12(16)11(15)4-8(10)7-2-1-6(20)3-9(7)13(17,18)19/h1-5H. The van der Waals surface area contributed by atoms with Gasteiger partial charge in [0.2, 0.25) is 0 Å². The lowest BCUT2D eigenvalue weighted by molar-refractivity contribution is -0.137. The summed E-state index contributed by atoms with van der Waals surface area (Å²) >= 11 is 19.5. The Morgan fingerprint density at radius 3 is 2.00 bits per heavy atom. The molecule has 0 aliphatic carbocycles. The fraction of sp³-hybridized carbons (Fsp3) is 0.0769. The first-order chi connectivity index (χ1) is 9.20. The van der Waals surface area contributed by atoms with Crippen molar-refractivity contribution in [3.63, 3.8) is 0 Å². The van der Waals surface area contributed by atoms with Gasteiger partial charge in [-0.3, -0.25) is 0 Å². The van der Waals surface area contributed by atoms with Crippen LogP contribution in [0.2, 0.25) is 15.1 Å². The van der Waals surface area contributed by atoms with Crippen LogP contribution in [0.3, 0.4) is 0 Å². The molecule has 2 aromatic rings. The summed E-state index contributed by atoms with van der Waals surface area (Å²) in [6.07, 6.45) is -4.48. The largest absolute Gasteiger partial charge is 0.417 e. The van der Waals surface area contributed by atoms with Crippen LogP contribution in [-0.4, -0.2) is 0 Å². The van der Waals surface area contributed by atoms with Crippen molar-refractivity contribution in [3.05, 3.63) is 54.5 Å². The molecule has 0 unspecified atom stereocenters. The van der Waals surface area contributed by atoms with Crippen LogP contribution in [-0.2, 0) is 6.18 Å². The monoisotopic (exact) mass is 450 g/mol. The molecule has 0 amide bonds. The number of benzene rings is 2. The normalized spacial score (nSPS) is 11.8. The number of alkyl halides is 3. The first-order valence-corrected chi connectivity index (χ1v) is 7.43. The molecular weight excluding hydrogens is 446 g/mol. The second kappa shape index (κ2) is 5.91. The topological polar surface area (TPSA) is 0 Å². The first kappa shape index (κ1) is 16.2. The van der Waals surface area contributed by atoms with Crippen LogP contribution >= 0.6 is 57.4 Å². The maximum absolute atomic E-state index is 13.1. The van der Waals surface area contributed by atoms with Gasteiger partial charge in [0.1, 0.15) is 0 Å². The molecule has 0 aliphatic rings. The highest BCUT2D eigenvalue weighted by Crippen LogP contribution is 2.42. The highest BCUT2D eigenvalue weighted by atomic mass is 127. The van der Waals surface area contributed by atoms with E-state index in [0.717, 1.165) is 6.07 Å². The zero-order valence-electron chi connectivity index (χ0n) is 9.53. The van der Waals surface area contributed by atoms with Crippen LogP contribution in [0.25, 0.3) is 11.1 Å². The van der Waals surface area contributed by atoms with Crippen molar-refractivity contribution in [1.29, 1.82) is 0 Å². The van der Waals surface area contributed by atoms with E-state index in [1.54, 1.807) is 6.07 Å². The molecule has 2 aromatic carbocycles. The highest BCUT2D eigenvalue weighted by Gasteiger charge is 2.34. The molecule has 0 radical (unpaired) electrons. The Morgan fingerprint density at radius 1 is 0.800 bits per heavy atom. The molecule has 0 bridgehead atoms. The van der Waals surface area contributed by atoms with E-state index in [2.05, 4.69) is 0 Å². The molecule has 0 saturated heterocycles. The summed E-state index contributed by atoms with van der Waals surface area (Å²) in [6, 6.07) is 6.68. The molecule has 0 fully saturated rings. The summed E-state index contributed by atoms with van der Waals surface area (Å²) in [5.41, 5.74) is -0.587. The van der Waals surface area contributed by atoms with E-state index in [1.807, 2.05) is 22.6 Å². The van der Waals surface area contributed by atoms with E-state index in [0.29, 0.717) is 3.57 Å². The van der Waals surface area contributed by atoms with Crippen molar-refractivity contribution in [3.8, 4) is 11.1 Å². The second-order valence-electron chi connectivity index (χ2n) is 3.93. The molecule has 2 rings (SSSR count). The fourth-order valence-electron chi connectivity index (χ4n) is 1.71. The van der Waals surface area contributed by atoms with Crippen molar-refractivity contribution in [1.82, 2.24) is 0 Å². The number of hydrogen-bond acceptors (Lipinski definition) is 0. The minimum Gasteiger partial charge on any atom is -0.166 e. The van der Waals surface area contributed by atoms with Crippen molar-refractivity contribution in [2.75, 3.05) is 0 Å². The van der Waals surface area contributed by atoms with Gasteiger partial charge in [0, 0.05) is 14.2 Å². The third-order valence-electron chi connectivity index (χ3n) is 2.59. The Hall–Kier alpha value is -0.170. The molecule has 20 heavy (non-hydrogen) atoms. The highest BCUT2D eigenvalue weighted by molar-refractivity contribution is 14.1. The van der Waals surface area contributed by atoms with Gasteiger partial charge in [0.05, 0.1) is 15.6 Å². The van der Waals surface area contributed by atoms with Crippen molar-refractivity contribution in [2.24, 2.45) is 0 Å². The Labute approximate surface area is 142 Å². The van der Waals surface area contributed by atoms with Crippen molar-refractivity contribution < 1.29 is 13.2 Å². The van der Waals surface area contributed by atoms with Crippen LogP contribution in [0.4, 0.5) is 13.2 Å². The van der Waals surface area contributed by atoms with E-state index in [-0.39, 0.29) is 26.2 Å². The Balaban J connectivity index is 2.73. The van der Waals surface area contributed by atoms with Gasteiger partial charge < -0.3 is 0 Å². The van der Waals surface area contributed by atoms with Gasteiger partial charge in [-0.15, -0.1) is 0 Å². The van der Waals surface area contributed by atoms with Gasteiger partial charge in [-0.05, 0) is 52.4 Å². The lowest BCUT2D eigenvalue weighted by atomic mass is 9.99. The van der Waals surface area contributed by atoms with Crippen molar-refractivity contribution >= 4 is 57.4 Å². The Bertz CT molecular complexity index is 669. The smallest absolute Gasteiger partial charge is 0.166 e. The predicted octanol–water partition coefficient (Wildman–Crippen LogP) is 6.94. The first-order valence-electron chi connectivity index (χ1n) is 5.22. The van der Waals surface area contributed by atoms with Gasteiger partial charge in [0.15, 0.2) is 0 Å². The third kappa shape index (κ3) is 3.35. The lowest BCUT2D eigenvalue weighted by Crippen LogP contribution is -2.07. The quantitative estimate of drug-likeness (QED) is 0.326. The molecular formula is C13H5Cl3F3I. The molecule has 0 nitrogen and oxygen atoms in total. The maximum Gasteiger partial charge on any atom is 0.417 e. The van der Waals surface area contributed by atoms with E-state index in [1.165, 1.54) is 18.2 Å².